The van der Waals surface area contributed by atoms with Crippen molar-refractivity contribution in [1.82, 2.24) is 4.98 Å². The lowest BCUT2D eigenvalue weighted by Gasteiger charge is -2.18. The summed E-state index contributed by atoms with van der Waals surface area (Å²) in [4.78, 5) is 14.8. The molecule has 0 fully saturated rings. The molecule has 0 saturated carbocycles. The molecule has 0 spiro atoms. The normalized spacial score (nSPS) is 13.1. The van der Waals surface area contributed by atoms with Crippen molar-refractivity contribution in [2.75, 3.05) is 18.5 Å². The van der Waals surface area contributed by atoms with Gasteiger partial charge in [-0.2, -0.15) is 0 Å². The number of aromatic nitrogens is 1. The summed E-state index contributed by atoms with van der Waals surface area (Å²) in [5, 5.41) is 2.84. The third-order valence-corrected chi connectivity index (χ3v) is 2.84. The topological polar surface area (TPSA) is 63.4 Å². The highest BCUT2D eigenvalue weighted by Crippen LogP contribution is 2.32. The number of carbonyl (C=O) groups excluding carboxylic acids is 1. The molecule has 0 atom stereocenters. The van der Waals surface area contributed by atoms with Crippen LogP contribution < -0.4 is 14.8 Å². The molecule has 1 aliphatic heterocycles. The minimum atomic E-state index is -0.0703. The summed E-state index contributed by atoms with van der Waals surface area (Å²) in [5.41, 5.74) is 1.59. The van der Waals surface area contributed by atoms with Gasteiger partial charge in [0.1, 0.15) is 13.2 Å². The molecule has 1 aliphatic rings. The molecule has 1 aromatic heterocycles. The minimum absolute atomic E-state index is 0.0703. The van der Waals surface area contributed by atoms with Crippen LogP contribution in [0.2, 0.25) is 0 Å². The Balaban J connectivity index is 1.67. The number of aromatic amines is 1. The smallest absolute Gasteiger partial charge is 0.230 e. The number of carbonyl (C=O) groups is 1. The Hall–Kier alpha value is -2.43. The first kappa shape index (κ1) is 11.6. The fraction of sp³-hybridized carbons (Fsp3) is 0.214. The fourth-order valence-electron chi connectivity index (χ4n) is 1.98. The van der Waals surface area contributed by atoms with E-state index in [1.807, 2.05) is 12.1 Å². The van der Waals surface area contributed by atoms with Crippen molar-refractivity contribution in [3.05, 3.63) is 42.2 Å². The first-order valence-corrected chi connectivity index (χ1v) is 6.13. The van der Waals surface area contributed by atoms with Gasteiger partial charge in [0.15, 0.2) is 11.5 Å². The van der Waals surface area contributed by atoms with Crippen molar-refractivity contribution in [2.45, 2.75) is 6.42 Å². The number of rotatable bonds is 3. The van der Waals surface area contributed by atoms with Crippen LogP contribution in [-0.4, -0.2) is 24.1 Å². The van der Waals surface area contributed by atoms with E-state index in [4.69, 9.17) is 9.47 Å². The first-order valence-electron chi connectivity index (χ1n) is 6.13. The van der Waals surface area contributed by atoms with Gasteiger partial charge in [0.2, 0.25) is 5.91 Å². The van der Waals surface area contributed by atoms with Gasteiger partial charge in [-0.3, -0.25) is 4.79 Å². The van der Waals surface area contributed by atoms with E-state index in [9.17, 15) is 4.79 Å². The molecule has 2 N–H and O–H groups in total. The number of benzene rings is 1. The zero-order chi connectivity index (χ0) is 13.1. The third kappa shape index (κ3) is 2.70. The lowest BCUT2D eigenvalue weighted by Crippen LogP contribution is -2.17. The van der Waals surface area contributed by atoms with Gasteiger partial charge < -0.3 is 19.8 Å². The molecule has 5 heteroatoms. The van der Waals surface area contributed by atoms with E-state index in [0.29, 0.717) is 36.8 Å². The van der Waals surface area contributed by atoms with Gasteiger partial charge in [-0.05, 0) is 24.3 Å². The van der Waals surface area contributed by atoms with E-state index >= 15 is 0 Å². The Kier molecular flexibility index (Phi) is 3.10. The van der Waals surface area contributed by atoms with Gasteiger partial charge in [-0.1, -0.05) is 0 Å². The van der Waals surface area contributed by atoms with Gasteiger partial charge >= 0.3 is 0 Å². The van der Waals surface area contributed by atoms with Crippen molar-refractivity contribution in [3.8, 4) is 11.5 Å². The standard InChI is InChI=1S/C14H14N2O3/c17-14(9-10-2-1-5-15-10)16-11-3-4-12-13(8-11)19-7-6-18-12/h1-5,8,15H,6-7,9H2,(H,16,17). The summed E-state index contributed by atoms with van der Waals surface area (Å²) in [6, 6.07) is 9.13. The van der Waals surface area contributed by atoms with Crippen LogP contribution in [0.25, 0.3) is 0 Å². The molecule has 2 heterocycles. The number of hydrogen-bond acceptors (Lipinski definition) is 3. The molecule has 2 aromatic rings. The molecular weight excluding hydrogens is 244 g/mol. The Bertz CT molecular complexity index is 578. The lowest BCUT2D eigenvalue weighted by atomic mass is 10.2. The highest BCUT2D eigenvalue weighted by Gasteiger charge is 2.12. The Morgan fingerprint density at radius 1 is 1.21 bits per heavy atom. The summed E-state index contributed by atoms with van der Waals surface area (Å²) in [5.74, 6) is 1.32. The summed E-state index contributed by atoms with van der Waals surface area (Å²) in [7, 11) is 0. The van der Waals surface area contributed by atoms with Gasteiger partial charge in [0.25, 0.3) is 0 Å². The predicted octanol–water partition coefficient (Wildman–Crippen LogP) is 1.97. The van der Waals surface area contributed by atoms with Gasteiger partial charge in [0.05, 0.1) is 6.42 Å². The van der Waals surface area contributed by atoms with Crippen LogP contribution in [-0.2, 0) is 11.2 Å². The van der Waals surface area contributed by atoms with Crippen molar-refractivity contribution >= 4 is 11.6 Å². The first-order chi connectivity index (χ1) is 9.31. The molecule has 0 radical (unpaired) electrons. The van der Waals surface area contributed by atoms with E-state index in [0.717, 1.165) is 5.69 Å². The van der Waals surface area contributed by atoms with E-state index in [-0.39, 0.29) is 5.91 Å². The number of anilines is 1. The average molecular weight is 258 g/mol. The summed E-state index contributed by atoms with van der Waals surface area (Å²) in [6.07, 6.45) is 2.12. The van der Waals surface area contributed by atoms with E-state index in [1.165, 1.54) is 0 Å². The maximum atomic E-state index is 11.8. The second-order valence-corrected chi connectivity index (χ2v) is 4.28. The Labute approximate surface area is 110 Å². The molecule has 3 rings (SSSR count). The highest BCUT2D eigenvalue weighted by molar-refractivity contribution is 5.92. The zero-order valence-electron chi connectivity index (χ0n) is 10.3. The number of amides is 1. The third-order valence-electron chi connectivity index (χ3n) is 2.84. The SMILES string of the molecule is O=C(Cc1ccc[nH]1)Nc1ccc2c(c1)OCCO2. The number of hydrogen-bond donors (Lipinski definition) is 2. The maximum absolute atomic E-state index is 11.8. The maximum Gasteiger partial charge on any atom is 0.230 e. The molecule has 0 aliphatic carbocycles. The van der Waals surface area contributed by atoms with Crippen molar-refractivity contribution < 1.29 is 14.3 Å². The van der Waals surface area contributed by atoms with Crippen LogP contribution >= 0.6 is 0 Å². The molecule has 5 nitrogen and oxygen atoms in total. The summed E-state index contributed by atoms with van der Waals surface area (Å²) in [6.45, 7) is 1.10. The largest absolute Gasteiger partial charge is 0.486 e. The van der Waals surface area contributed by atoms with Crippen LogP contribution in [0, 0.1) is 0 Å². The second-order valence-electron chi connectivity index (χ2n) is 4.28. The van der Waals surface area contributed by atoms with E-state index < -0.39 is 0 Å². The quantitative estimate of drug-likeness (QED) is 0.884. The van der Waals surface area contributed by atoms with Crippen LogP contribution in [0.15, 0.2) is 36.5 Å². The monoisotopic (exact) mass is 258 g/mol. The molecule has 1 amide bonds. The molecule has 19 heavy (non-hydrogen) atoms. The van der Waals surface area contributed by atoms with E-state index in [2.05, 4.69) is 10.3 Å². The number of fused-ring (bicyclic) bond motifs is 1. The van der Waals surface area contributed by atoms with Gasteiger partial charge in [0, 0.05) is 23.6 Å². The molecule has 98 valence electrons. The highest BCUT2D eigenvalue weighted by atomic mass is 16.6. The number of ether oxygens (including phenoxy) is 2. The van der Waals surface area contributed by atoms with Crippen molar-refractivity contribution in [3.63, 3.8) is 0 Å². The van der Waals surface area contributed by atoms with E-state index in [1.54, 1.807) is 24.4 Å². The fourth-order valence-corrected chi connectivity index (χ4v) is 1.98. The van der Waals surface area contributed by atoms with Crippen molar-refractivity contribution in [2.24, 2.45) is 0 Å². The van der Waals surface area contributed by atoms with Crippen LogP contribution in [0.1, 0.15) is 5.69 Å². The Morgan fingerprint density at radius 2 is 2.05 bits per heavy atom. The number of nitrogens with one attached hydrogen (secondary N) is 2. The van der Waals surface area contributed by atoms with Crippen molar-refractivity contribution in [1.29, 1.82) is 0 Å². The average Bonchev–Trinajstić information content (AvgIpc) is 2.91. The minimum Gasteiger partial charge on any atom is -0.486 e. The van der Waals surface area contributed by atoms with Gasteiger partial charge in [-0.15, -0.1) is 0 Å². The summed E-state index contributed by atoms with van der Waals surface area (Å²) >= 11 is 0. The molecule has 0 saturated heterocycles. The lowest BCUT2D eigenvalue weighted by molar-refractivity contribution is -0.115. The molecular formula is C14H14N2O3. The molecule has 1 aromatic carbocycles. The molecule has 0 unspecified atom stereocenters. The van der Waals surface area contributed by atoms with Crippen LogP contribution in [0.4, 0.5) is 5.69 Å². The Morgan fingerprint density at radius 3 is 2.84 bits per heavy atom. The second kappa shape index (κ2) is 5.06. The zero-order valence-corrected chi connectivity index (χ0v) is 10.3. The molecule has 0 bridgehead atoms. The summed E-state index contributed by atoms with van der Waals surface area (Å²) < 4.78 is 10.9. The number of H-pyrrole nitrogens is 1. The van der Waals surface area contributed by atoms with Crippen LogP contribution in [0.3, 0.4) is 0 Å². The van der Waals surface area contributed by atoms with Crippen LogP contribution in [0.5, 0.6) is 11.5 Å². The van der Waals surface area contributed by atoms with Gasteiger partial charge in [-0.25, -0.2) is 0 Å². The predicted molar refractivity (Wildman–Crippen MR) is 70.6 cm³/mol.